The zero-order valence-corrected chi connectivity index (χ0v) is 45.4. The number of carbonyl (C=O) groups excluding carboxylic acids is 3. The average Bonchev–Trinajstić information content (AvgIpc) is 3.34. The highest BCUT2D eigenvalue weighted by molar-refractivity contribution is 5.71. The van der Waals surface area contributed by atoms with Crippen LogP contribution in [0.25, 0.3) is 0 Å². The largest absolute Gasteiger partial charge is 0.462 e. The fraction of sp³-hybridized carbons (Fsp3) is 0.823. The lowest BCUT2D eigenvalue weighted by Gasteiger charge is -2.18. The second kappa shape index (κ2) is 57.0. The van der Waals surface area contributed by atoms with Crippen molar-refractivity contribution in [3.63, 3.8) is 0 Å². The Labute approximate surface area is 422 Å². The Hall–Kier alpha value is -2.63. The van der Waals surface area contributed by atoms with Crippen LogP contribution in [0, 0.1) is 0 Å². The zero-order chi connectivity index (χ0) is 49.3. The van der Waals surface area contributed by atoms with Crippen LogP contribution >= 0.6 is 0 Å². The Balaban J connectivity index is 4.21. The minimum atomic E-state index is -0.777. The summed E-state index contributed by atoms with van der Waals surface area (Å²) in [6, 6.07) is 0. The molecule has 6 heteroatoms. The van der Waals surface area contributed by atoms with E-state index < -0.39 is 6.10 Å². The maximum absolute atomic E-state index is 12.8. The van der Waals surface area contributed by atoms with Gasteiger partial charge in [0.2, 0.25) is 0 Å². The molecule has 0 aliphatic carbocycles. The first kappa shape index (κ1) is 65.4. The van der Waals surface area contributed by atoms with Gasteiger partial charge in [0.05, 0.1) is 0 Å². The summed E-state index contributed by atoms with van der Waals surface area (Å²) in [5.41, 5.74) is 0. The van der Waals surface area contributed by atoms with Crippen LogP contribution in [-0.2, 0) is 28.6 Å². The minimum absolute atomic E-state index is 0.0760. The van der Waals surface area contributed by atoms with E-state index in [1.54, 1.807) is 0 Å². The number of unbranched alkanes of at least 4 members (excludes halogenated alkanes) is 35. The molecule has 0 aromatic rings. The van der Waals surface area contributed by atoms with Gasteiger partial charge in [-0.2, -0.15) is 0 Å². The predicted octanol–water partition coefficient (Wildman–Crippen LogP) is 19.8. The topological polar surface area (TPSA) is 78.9 Å². The second-order valence-corrected chi connectivity index (χ2v) is 19.9. The zero-order valence-electron chi connectivity index (χ0n) is 45.4. The number of rotatable bonds is 54. The van der Waals surface area contributed by atoms with Crippen molar-refractivity contribution in [1.82, 2.24) is 0 Å². The molecule has 0 radical (unpaired) electrons. The van der Waals surface area contributed by atoms with E-state index in [9.17, 15) is 14.4 Å². The minimum Gasteiger partial charge on any atom is -0.462 e. The van der Waals surface area contributed by atoms with Crippen molar-refractivity contribution in [3.8, 4) is 0 Å². The molecule has 0 fully saturated rings. The summed E-state index contributed by atoms with van der Waals surface area (Å²) < 4.78 is 16.8. The molecule has 0 heterocycles. The van der Waals surface area contributed by atoms with E-state index in [-0.39, 0.29) is 31.1 Å². The molecule has 0 saturated carbocycles. The van der Waals surface area contributed by atoms with Crippen LogP contribution in [0.4, 0.5) is 0 Å². The van der Waals surface area contributed by atoms with E-state index in [1.165, 1.54) is 180 Å². The second-order valence-electron chi connectivity index (χ2n) is 19.9. The van der Waals surface area contributed by atoms with Gasteiger partial charge < -0.3 is 14.2 Å². The third-order valence-corrected chi connectivity index (χ3v) is 13.1. The molecule has 0 N–H and O–H groups in total. The van der Waals surface area contributed by atoms with Crippen LogP contribution in [0.2, 0.25) is 0 Å². The van der Waals surface area contributed by atoms with Gasteiger partial charge in [-0.05, 0) is 83.5 Å². The SMILES string of the molecule is CCCCC/C=C\C/C=C\CCCCCCCC(=O)OC(COC(=O)CCCCCCCCCCCC)COC(=O)CCCCCCCCCCCCCCC/C=C\C/C=C\CCCCCCC. The van der Waals surface area contributed by atoms with E-state index in [0.29, 0.717) is 19.3 Å². The number of hydrogen-bond donors (Lipinski definition) is 0. The van der Waals surface area contributed by atoms with Crippen molar-refractivity contribution in [2.24, 2.45) is 0 Å². The van der Waals surface area contributed by atoms with Crippen molar-refractivity contribution in [2.75, 3.05) is 13.2 Å². The standard InChI is InChI=1S/C62H112O6/c1-4-7-10-13-16-19-22-24-26-27-28-29-30-31-32-33-34-35-37-38-40-43-46-49-52-55-61(64)67-58-59(57-66-60(63)54-51-48-45-42-21-18-15-12-9-6-3)68-62(65)56-53-50-47-44-41-39-36-25-23-20-17-14-11-8-5-2/h17,20,22,24-25,27-28,36,59H,4-16,18-19,21,23,26,29-35,37-58H2,1-3H3/b20-17-,24-22-,28-27-,36-25-. The highest BCUT2D eigenvalue weighted by atomic mass is 16.6. The first-order chi connectivity index (χ1) is 33.5. The summed E-state index contributed by atoms with van der Waals surface area (Å²) in [7, 11) is 0. The molecule has 0 rings (SSSR count). The fourth-order valence-corrected chi connectivity index (χ4v) is 8.56. The van der Waals surface area contributed by atoms with Gasteiger partial charge in [0, 0.05) is 19.3 Å². The lowest BCUT2D eigenvalue weighted by molar-refractivity contribution is -0.167. The van der Waals surface area contributed by atoms with Crippen molar-refractivity contribution >= 4 is 17.9 Å². The fourth-order valence-electron chi connectivity index (χ4n) is 8.56. The quantitative estimate of drug-likeness (QED) is 0.0262. The van der Waals surface area contributed by atoms with Gasteiger partial charge in [0.25, 0.3) is 0 Å². The molecule has 1 atom stereocenters. The first-order valence-corrected chi connectivity index (χ1v) is 29.6. The molecular weight excluding hydrogens is 841 g/mol. The third kappa shape index (κ3) is 54.3. The van der Waals surface area contributed by atoms with Crippen molar-refractivity contribution in [2.45, 2.75) is 316 Å². The molecule has 0 aliphatic rings. The maximum Gasteiger partial charge on any atom is 0.306 e. The molecule has 0 aliphatic heterocycles. The molecule has 0 bridgehead atoms. The van der Waals surface area contributed by atoms with Crippen LogP contribution in [0.15, 0.2) is 48.6 Å². The van der Waals surface area contributed by atoms with E-state index in [4.69, 9.17) is 14.2 Å². The Bertz CT molecular complexity index is 1190. The van der Waals surface area contributed by atoms with E-state index >= 15 is 0 Å². The molecule has 0 amide bonds. The predicted molar refractivity (Wildman–Crippen MR) is 293 cm³/mol. The van der Waals surface area contributed by atoms with Gasteiger partial charge in [0.15, 0.2) is 6.10 Å². The highest BCUT2D eigenvalue weighted by Gasteiger charge is 2.19. The molecule has 6 nitrogen and oxygen atoms in total. The normalized spacial score (nSPS) is 12.3. The van der Waals surface area contributed by atoms with Gasteiger partial charge in [-0.25, -0.2) is 0 Å². The molecule has 0 saturated heterocycles. The van der Waals surface area contributed by atoms with Gasteiger partial charge in [0.1, 0.15) is 13.2 Å². The molecule has 396 valence electrons. The van der Waals surface area contributed by atoms with Crippen molar-refractivity contribution in [1.29, 1.82) is 0 Å². The third-order valence-electron chi connectivity index (χ3n) is 13.1. The number of carbonyl (C=O) groups is 3. The van der Waals surface area contributed by atoms with E-state index in [2.05, 4.69) is 69.4 Å². The summed E-state index contributed by atoms with van der Waals surface area (Å²) in [5.74, 6) is -0.879. The summed E-state index contributed by atoms with van der Waals surface area (Å²) in [4.78, 5) is 38.1. The molecular formula is C62H112O6. The molecule has 0 spiro atoms. The van der Waals surface area contributed by atoms with Crippen LogP contribution in [0.5, 0.6) is 0 Å². The lowest BCUT2D eigenvalue weighted by atomic mass is 10.0. The van der Waals surface area contributed by atoms with Crippen molar-refractivity contribution in [3.05, 3.63) is 48.6 Å². The summed E-state index contributed by atoms with van der Waals surface area (Å²) in [6.07, 6.45) is 69.7. The molecule has 0 aromatic heterocycles. The van der Waals surface area contributed by atoms with Gasteiger partial charge >= 0.3 is 17.9 Å². The monoisotopic (exact) mass is 953 g/mol. The Morgan fingerprint density at radius 1 is 0.294 bits per heavy atom. The average molecular weight is 954 g/mol. The summed E-state index contributed by atoms with van der Waals surface area (Å²) >= 11 is 0. The van der Waals surface area contributed by atoms with E-state index in [1.807, 2.05) is 0 Å². The van der Waals surface area contributed by atoms with Crippen molar-refractivity contribution < 1.29 is 28.6 Å². The summed E-state index contributed by atoms with van der Waals surface area (Å²) in [5, 5.41) is 0. The van der Waals surface area contributed by atoms with Crippen LogP contribution < -0.4 is 0 Å². The number of hydrogen-bond acceptors (Lipinski definition) is 6. The van der Waals surface area contributed by atoms with Gasteiger partial charge in [-0.1, -0.05) is 256 Å². The number of allylic oxidation sites excluding steroid dienone is 8. The highest BCUT2D eigenvalue weighted by Crippen LogP contribution is 2.16. The molecule has 1 unspecified atom stereocenters. The Morgan fingerprint density at radius 2 is 0.529 bits per heavy atom. The lowest BCUT2D eigenvalue weighted by Crippen LogP contribution is -2.30. The van der Waals surface area contributed by atoms with E-state index in [0.717, 1.165) is 89.9 Å². The Morgan fingerprint density at radius 3 is 0.838 bits per heavy atom. The number of esters is 3. The van der Waals surface area contributed by atoms with Crippen LogP contribution in [-0.4, -0.2) is 37.2 Å². The van der Waals surface area contributed by atoms with Gasteiger partial charge in [-0.3, -0.25) is 14.4 Å². The smallest absolute Gasteiger partial charge is 0.306 e. The first-order valence-electron chi connectivity index (χ1n) is 29.6. The molecule has 0 aromatic carbocycles. The van der Waals surface area contributed by atoms with Gasteiger partial charge in [-0.15, -0.1) is 0 Å². The van der Waals surface area contributed by atoms with Crippen LogP contribution in [0.1, 0.15) is 310 Å². The van der Waals surface area contributed by atoms with Crippen LogP contribution in [0.3, 0.4) is 0 Å². The maximum atomic E-state index is 12.8. The summed E-state index contributed by atoms with van der Waals surface area (Å²) in [6.45, 7) is 6.61. The Kier molecular flexibility index (Phi) is 54.8. The number of ether oxygens (including phenoxy) is 3. The molecule has 68 heavy (non-hydrogen) atoms.